The van der Waals surface area contributed by atoms with E-state index in [1.165, 1.54) is 6.42 Å². The molecule has 96 valence electrons. The van der Waals surface area contributed by atoms with Crippen molar-refractivity contribution in [2.45, 2.75) is 39.0 Å². The van der Waals surface area contributed by atoms with Gasteiger partial charge in [-0.1, -0.05) is 19.8 Å². The number of halogens is 1. The molecule has 3 nitrogen and oxygen atoms in total. The van der Waals surface area contributed by atoms with Gasteiger partial charge in [0.2, 0.25) is 10.0 Å². The SMILES string of the molecule is CCCCS(=O)(=O)NCC1CCCC1CCl. The van der Waals surface area contributed by atoms with Gasteiger partial charge in [0.05, 0.1) is 5.75 Å². The van der Waals surface area contributed by atoms with Crippen LogP contribution in [-0.2, 0) is 10.0 Å². The minimum atomic E-state index is -3.06. The van der Waals surface area contributed by atoms with Gasteiger partial charge in [-0.05, 0) is 31.1 Å². The van der Waals surface area contributed by atoms with Gasteiger partial charge in [0, 0.05) is 12.4 Å². The first-order valence-corrected chi connectivity index (χ1v) is 8.31. The van der Waals surface area contributed by atoms with E-state index < -0.39 is 10.0 Å². The van der Waals surface area contributed by atoms with Gasteiger partial charge in [-0.2, -0.15) is 0 Å². The molecule has 0 aliphatic heterocycles. The molecule has 0 amide bonds. The van der Waals surface area contributed by atoms with E-state index in [0.717, 1.165) is 25.7 Å². The van der Waals surface area contributed by atoms with Crippen LogP contribution in [0, 0.1) is 11.8 Å². The summed E-state index contributed by atoms with van der Waals surface area (Å²) in [6.45, 7) is 2.57. The molecular weight excluding hydrogens is 246 g/mol. The summed E-state index contributed by atoms with van der Waals surface area (Å²) >= 11 is 5.86. The van der Waals surface area contributed by atoms with Crippen molar-refractivity contribution in [2.75, 3.05) is 18.2 Å². The largest absolute Gasteiger partial charge is 0.215 e. The highest BCUT2D eigenvalue weighted by atomic mass is 35.5. The van der Waals surface area contributed by atoms with Crippen LogP contribution < -0.4 is 4.72 Å². The highest BCUT2D eigenvalue weighted by molar-refractivity contribution is 7.89. The van der Waals surface area contributed by atoms with E-state index in [4.69, 9.17) is 11.6 Å². The zero-order valence-electron chi connectivity index (χ0n) is 9.91. The second-order valence-electron chi connectivity index (χ2n) is 4.63. The van der Waals surface area contributed by atoms with Crippen molar-refractivity contribution in [1.82, 2.24) is 4.72 Å². The fraction of sp³-hybridized carbons (Fsp3) is 1.00. The van der Waals surface area contributed by atoms with Crippen molar-refractivity contribution in [1.29, 1.82) is 0 Å². The van der Waals surface area contributed by atoms with Crippen molar-refractivity contribution in [3.8, 4) is 0 Å². The molecule has 0 radical (unpaired) electrons. The molecule has 1 aliphatic rings. The van der Waals surface area contributed by atoms with Gasteiger partial charge < -0.3 is 0 Å². The maximum Gasteiger partial charge on any atom is 0.211 e. The highest BCUT2D eigenvalue weighted by Crippen LogP contribution is 2.32. The summed E-state index contributed by atoms with van der Waals surface area (Å²) < 4.78 is 25.9. The summed E-state index contributed by atoms with van der Waals surface area (Å²) in [5.74, 6) is 1.84. The number of rotatable bonds is 7. The van der Waals surface area contributed by atoms with Gasteiger partial charge in [-0.3, -0.25) is 0 Å². The maximum absolute atomic E-state index is 11.6. The first-order chi connectivity index (χ1) is 7.59. The van der Waals surface area contributed by atoms with Crippen LogP contribution in [0.15, 0.2) is 0 Å². The second-order valence-corrected chi connectivity index (χ2v) is 6.86. The number of hydrogen-bond acceptors (Lipinski definition) is 2. The molecule has 1 aliphatic carbocycles. The van der Waals surface area contributed by atoms with E-state index in [1.807, 2.05) is 6.92 Å². The Morgan fingerprint density at radius 2 is 2.00 bits per heavy atom. The molecule has 2 unspecified atom stereocenters. The number of alkyl halides is 1. The van der Waals surface area contributed by atoms with Crippen LogP contribution in [0.5, 0.6) is 0 Å². The van der Waals surface area contributed by atoms with E-state index in [9.17, 15) is 8.42 Å². The van der Waals surface area contributed by atoms with Crippen LogP contribution >= 0.6 is 11.6 Å². The second kappa shape index (κ2) is 6.82. The Balaban J connectivity index is 2.33. The van der Waals surface area contributed by atoms with Gasteiger partial charge in [0.15, 0.2) is 0 Å². The third-order valence-corrected chi connectivity index (χ3v) is 5.18. The monoisotopic (exact) mass is 267 g/mol. The smallest absolute Gasteiger partial charge is 0.211 e. The molecule has 1 N–H and O–H groups in total. The quantitative estimate of drug-likeness (QED) is 0.720. The molecule has 0 aromatic rings. The lowest BCUT2D eigenvalue weighted by Crippen LogP contribution is -2.32. The predicted molar refractivity (Wildman–Crippen MR) is 68.2 cm³/mol. The molecule has 5 heteroatoms. The summed E-state index contributed by atoms with van der Waals surface area (Å²) in [4.78, 5) is 0. The molecule has 16 heavy (non-hydrogen) atoms. The number of sulfonamides is 1. The number of unbranched alkanes of at least 4 members (excludes halogenated alkanes) is 1. The molecule has 0 saturated heterocycles. The Morgan fingerprint density at radius 3 is 2.62 bits per heavy atom. The van der Waals surface area contributed by atoms with Crippen LogP contribution in [0.2, 0.25) is 0 Å². The molecular formula is C11H22ClNO2S. The molecule has 1 fully saturated rings. The Hall–Kier alpha value is 0.200. The maximum atomic E-state index is 11.6. The van der Waals surface area contributed by atoms with Gasteiger partial charge in [0.1, 0.15) is 0 Å². The summed E-state index contributed by atoms with van der Waals surface area (Å²) in [7, 11) is -3.06. The molecule has 0 aromatic heterocycles. The van der Waals surface area contributed by atoms with Crippen molar-refractivity contribution >= 4 is 21.6 Å². The molecule has 1 saturated carbocycles. The first-order valence-electron chi connectivity index (χ1n) is 6.12. The van der Waals surface area contributed by atoms with Crippen molar-refractivity contribution < 1.29 is 8.42 Å². The molecule has 1 rings (SSSR count). The van der Waals surface area contributed by atoms with E-state index in [2.05, 4.69) is 4.72 Å². The van der Waals surface area contributed by atoms with Gasteiger partial charge >= 0.3 is 0 Å². The van der Waals surface area contributed by atoms with Crippen LogP contribution in [0.3, 0.4) is 0 Å². The van der Waals surface area contributed by atoms with Crippen LogP contribution in [0.1, 0.15) is 39.0 Å². The Labute approximate surface area is 104 Å². The average Bonchev–Trinajstić information content (AvgIpc) is 2.71. The van der Waals surface area contributed by atoms with Gasteiger partial charge in [-0.25, -0.2) is 13.1 Å². The van der Waals surface area contributed by atoms with Crippen LogP contribution in [-0.4, -0.2) is 26.6 Å². The highest BCUT2D eigenvalue weighted by Gasteiger charge is 2.27. The normalized spacial score (nSPS) is 26.1. The lowest BCUT2D eigenvalue weighted by Gasteiger charge is -2.17. The third kappa shape index (κ3) is 4.60. The Morgan fingerprint density at radius 1 is 1.31 bits per heavy atom. The topological polar surface area (TPSA) is 46.2 Å². The molecule has 0 heterocycles. The van der Waals surface area contributed by atoms with Crippen molar-refractivity contribution in [3.05, 3.63) is 0 Å². The molecule has 0 aromatic carbocycles. The molecule has 0 spiro atoms. The zero-order valence-corrected chi connectivity index (χ0v) is 11.5. The Bertz CT molecular complexity index is 292. The van der Waals surface area contributed by atoms with Crippen molar-refractivity contribution in [2.24, 2.45) is 11.8 Å². The summed E-state index contributed by atoms with van der Waals surface area (Å²) in [5.41, 5.74) is 0. The fourth-order valence-electron chi connectivity index (χ4n) is 2.23. The molecule has 0 bridgehead atoms. The van der Waals surface area contributed by atoms with Crippen molar-refractivity contribution in [3.63, 3.8) is 0 Å². The Kier molecular flexibility index (Phi) is 6.08. The van der Waals surface area contributed by atoms with Crippen LogP contribution in [0.4, 0.5) is 0 Å². The zero-order chi connectivity index (χ0) is 12.0. The summed E-state index contributed by atoms with van der Waals surface area (Å²) in [5, 5.41) is 0. The van der Waals surface area contributed by atoms with E-state index in [-0.39, 0.29) is 5.75 Å². The summed E-state index contributed by atoms with van der Waals surface area (Å²) in [6, 6.07) is 0. The van der Waals surface area contributed by atoms with E-state index in [1.54, 1.807) is 0 Å². The van der Waals surface area contributed by atoms with Gasteiger partial charge in [0.25, 0.3) is 0 Å². The lowest BCUT2D eigenvalue weighted by atomic mass is 9.98. The van der Waals surface area contributed by atoms with Gasteiger partial charge in [-0.15, -0.1) is 11.6 Å². The number of hydrogen-bond donors (Lipinski definition) is 1. The van der Waals surface area contributed by atoms with E-state index >= 15 is 0 Å². The third-order valence-electron chi connectivity index (χ3n) is 3.35. The first kappa shape index (κ1) is 14.3. The minimum Gasteiger partial charge on any atom is -0.215 e. The lowest BCUT2D eigenvalue weighted by molar-refractivity contribution is 0.418. The number of nitrogens with one attached hydrogen (secondary N) is 1. The minimum absolute atomic E-state index is 0.252. The molecule has 2 atom stereocenters. The van der Waals surface area contributed by atoms with E-state index in [0.29, 0.717) is 24.3 Å². The standard InChI is InChI=1S/C11H22ClNO2S/c1-2-3-7-16(14,15)13-9-11-6-4-5-10(11)8-12/h10-11,13H,2-9H2,1H3. The fourth-order valence-corrected chi connectivity index (χ4v) is 3.91. The van der Waals surface area contributed by atoms with Crippen LogP contribution in [0.25, 0.3) is 0 Å². The average molecular weight is 268 g/mol. The summed E-state index contributed by atoms with van der Waals surface area (Å²) in [6.07, 6.45) is 5.07. The predicted octanol–water partition coefficient (Wildman–Crippen LogP) is 2.36.